The van der Waals surface area contributed by atoms with Gasteiger partial charge < -0.3 is 19.6 Å². The van der Waals surface area contributed by atoms with E-state index in [1.54, 1.807) is 37.8 Å². The minimum absolute atomic E-state index is 0.00249. The highest BCUT2D eigenvalue weighted by molar-refractivity contribution is 5.96. The molecule has 2 fully saturated rings. The van der Waals surface area contributed by atoms with Gasteiger partial charge in [-0.15, -0.1) is 0 Å². The van der Waals surface area contributed by atoms with E-state index >= 15 is 0 Å². The summed E-state index contributed by atoms with van der Waals surface area (Å²) in [5.74, 6) is -0.469. The average Bonchev–Trinajstić information content (AvgIpc) is 2.73. The summed E-state index contributed by atoms with van der Waals surface area (Å²) in [6, 6.07) is 4.86. The molecule has 0 aromatic carbocycles. The molecule has 0 bridgehead atoms. The van der Waals surface area contributed by atoms with Crippen LogP contribution >= 0.6 is 0 Å². The van der Waals surface area contributed by atoms with Crippen LogP contribution in [0.2, 0.25) is 0 Å². The van der Waals surface area contributed by atoms with Gasteiger partial charge in [-0.2, -0.15) is 0 Å². The number of piperazine rings is 2. The van der Waals surface area contributed by atoms with Crippen molar-refractivity contribution in [3.05, 3.63) is 29.6 Å². The summed E-state index contributed by atoms with van der Waals surface area (Å²) < 4.78 is 0. The summed E-state index contributed by atoms with van der Waals surface area (Å²) in [6.07, 6.45) is 0. The van der Waals surface area contributed by atoms with Crippen molar-refractivity contribution in [2.24, 2.45) is 0 Å². The van der Waals surface area contributed by atoms with Crippen molar-refractivity contribution in [1.82, 2.24) is 24.6 Å². The Morgan fingerprint density at radius 2 is 0.964 bits per heavy atom. The van der Waals surface area contributed by atoms with Crippen molar-refractivity contribution in [2.45, 2.75) is 13.8 Å². The van der Waals surface area contributed by atoms with Gasteiger partial charge in [0.1, 0.15) is 11.4 Å². The first-order valence-electron chi connectivity index (χ1n) is 9.43. The first-order chi connectivity index (χ1) is 13.4. The molecule has 2 aliphatic rings. The quantitative estimate of drug-likeness (QED) is 0.694. The van der Waals surface area contributed by atoms with Crippen molar-refractivity contribution >= 4 is 23.6 Å². The lowest BCUT2D eigenvalue weighted by molar-refractivity contribution is -0.131. The molecule has 3 heterocycles. The Bertz CT molecular complexity index is 719. The fourth-order valence-corrected chi connectivity index (χ4v) is 3.45. The largest absolute Gasteiger partial charge is 0.339 e. The second kappa shape index (κ2) is 8.37. The zero-order valence-electron chi connectivity index (χ0n) is 16.3. The van der Waals surface area contributed by atoms with Crippen LogP contribution in [0.25, 0.3) is 0 Å². The molecule has 0 saturated carbocycles. The highest BCUT2D eigenvalue weighted by Crippen LogP contribution is 2.11. The molecule has 0 aliphatic carbocycles. The van der Waals surface area contributed by atoms with Crippen LogP contribution in [0.3, 0.4) is 0 Å². The van der Waals surface area contributed by atoms with E-state index in [2.05, 4.69) is 4.98 Å². The van der Waals surface area contributed by atoms with Gasteiger partial charge in [-0.1, -0.05) is 6.07 Å². The number of nitrogens with zero attached hydrogens (tertiary/aromatic N) is 5. The number of carbonyl (C=O) groups is 4. The van der Waals surface area contributed by atoms with E-state index in [1.807, 2.05) is 0 Å². The van der Waals surface area contributed by atoms with E-state index in [9.17, 15) is 19.2 Å². The number of rotatable bonds is 2. The Morgan fingerprint density at radius 3 is 1.29 bits per heavy atom. The number of pyridine rings is 1. The lowest BCUT2D eigenvalue weighted by Gasteiger charge is -2.34. The molecular weight excluding hydrogens is 362 g/mol. The predicted molar refractivity (Wildman–Crippen MR) is 101 cm³/mol. The van der Waals surface area contributed by atoms with Crippen molar-refractivity contribution < 1.29 is 19.2 Å². The maximum atomic E-state index is 12.7. The first kappa shape index (κ1) is 19.8. The molecule has 2 saturated heterocycles. The number of carbonyl (C=O) groups excluding carboxylic acids is 4. The summed E-state index contributed by atoms with van der Waals surface area (Å²) in [7, 11) is 0. The van der Waals surface area contributed by atoms with Gasteiger partial charge in [0.25, 0.3) is 11.8 Å². The fraction of sp³-hybridized carbons (Fsp3) is 0.526. The minimum Gasteiger partial charge on any atom is -0.339 e. The Labute approximate surface area is 163 Å². The van der Waals surface area contributed by atoms with Gasteiger partial charge in [0.15, 0.2) is 0 Å². The zero-order chi connectivity index (χ0) is 20.3. The Balaban J connectivity index is 1.64. The smallest absolute Gasteiger partial charge is 0.272 e. The lowest BCUT2D eigenvalue weighted by atomic mass is 10.2. The van der Waals surface area contributed by atoms with Crippen LogP contribution < -0.4 is 0 Å². The van der Waals surface area contributed by atoms with Crippen molar-refractivity contribution in [3.8, 4) is 0 Å². The van der Waals surface area contributed by atoms with E-state index in [0.717, 1.165) is 0 Å². The molecule has 150 valence electrons. The molecule has 0 unspecified atom stereocenters. The molecule has 28 heavy (non-hydrogen) atoms. The van der Waals surface area contributed by atoms with Crippen LogP contribution in [-0.2, 0) is 9.59 Å². The van der Waals surface area contributed by atoms with Crippen LogP contribution in [0.5, 0.6) is 0 Å². The third kappa shape index (κ3) is 4.29. The second-order valence-corrected chi connectivity index (χ2v) is 7.00. The summed E-state index contributed by atoms with van der Waals surface area (Å²) in [5.41, 5.74) is 0.453. The predicted octanol–water partition coefficient (Wildman–Crippen LogP) is -0.310. The maximum Gasteiger partial charge on any atom is 0.272 e. The van der Waals surface area contributed by atoms with E-state index in [1.165, 1.54) is 13.8 Å². The summed E-state index contributed by atoms with van der Waals surface area (Å²) in [4.78, 5) is 59.3. The average molecular weight is 387 g/mol. The van der Waals surface area contributed by atoms with E-state index < -0.39 is 0 Å². The normalized spacial score (nSPS) is 17.5. The van der Waals surface area contributed by atoms with Crippen LogP contribution in [0.1, 0.15) is 34.8 Å². The molecule has 0 radical (unpaired) electrons. The summed E-state index contributed by atoms with van der Waals surface area (Å²) in [5, 5.41) is 0. The van der Waals surface area contributed by atoms with Gasteiger partial charge >= 0.3 is 0 Å². The summed E-state index contributed by atoms with van der Waals surface area (Å²) in [6.45, 7) is 6.84. The number of amides is 4. The molecule has 2 aliphatic heterocycles. The monoisotopic (exact) mass is 387 g/mol. The first-order valence-corrected chi connectivity index (χ1v) is 9.43. The Morgan fingerprint density at radius 1 is 0.643 bits per heavy atom. The van der Waals surface area contributed by atoms with Crippen molar-refractivity contribution in [3.63, 3.8) is 0 Å². The van der Waals surface area contributed by atoms with Gasteiger partial charge in [-0.05, 0) is 12.1 Å². The maximum absolute atomic E-state index is 12.7. The van der Waals surface area contributed by atoms with E-state index in [-0.39, 0.29) is 35.0 Å². The number of hydrogen-bond acceptors (Lipinski definition) is 5. The van der Waals surface area contributed by atoms with Crippen LogP contribution in [0.15, 0.2) is 18.2 Å². The highest BCUT2D eigenvalue weighted by Gasteiger charge is 2.27. The van der Waals surface area contributed by atoms with Crippen LogP contribution in [0.4, 0.5) is 0 Å². The van der Waals surface area contributed by atoms with Gasteiger partial charge in [-0.25, -0.2) is 4.98 Å². The van der Waals surface area contributed by atoms with Crippen molar-refractivity contribution in [1.29, 1.82) is 0 Å². The SMILES string of the molecule is CC(=O)N1CCN(C(=O)c2cccc(C(=O)N3CCN(C(C)=O)CC3)n2)CC1. The molecule has 1 aromatic rings. The molecule has 0 atom stereocenters. The Hall–Kier alpha value is -2.97. The third-order valence-electron chi connectivity index (χ3n) is 5.21. The lowest BCUT2D eigenvalue weighted by Crippen LogP contribution is -2.50. The molecule has 0 spiro atoms. The number of aromatic nitrogens is 1. The standard InChI is InChI=1S/C19H25N5O4/c1-14(25)21-6-10-23(11-7-21)18(27)16-4-3-5-17(20-16)19(28)24-12-8-22(9-13-24)15(2)26/h3-5H,6-13H2,1-2H3. The topological polar surface area (TPSA) is 94.1 Å². The van der Waals surface area contributed by atoms with Crippen LogP contribution in [-0.4, -0.2) is 101 Å². The van der Waals surface area contributed by atoms with Gasteiger partial charge in [0, 0.05) is 66.2 Å². The van der Waals surface area contributed by atoms with Gasteiger partial charge in [0.05, 0.1) is 0 Å². The molecular formula is C19H25N5O4. The van der Waals surface area contributed by atoms with Gasteiger partial charge in [0.2, 0.25) is 11.8 Å². The molecule has 0 N–H and O–H groups in total. The van der Waals surface area contributed by atoms with E-state index in [4.69, 9.17) is 0 Å². The zero-order valence-corrected chi connectivity index (χ0v) is 16.3. The number of hydrogen-bond donors (Lipinski definition) is 0. The molecule has 9 heteroatoms. The highest BCUT2D eigenvalue weighted by atomic mass is 16.2. The van der Waals surface area contributed by atoms with Crippen molar-refractivity contribution in [2.75, 3.05) is 52.4 Å². The molecule has 4 amide bonds. The second-order valence-electron chi connectivity index (χ2n) is 7.00. The van der Waals surface area contributed by atoms with E-state index in [0.29, 0.717) is 52.4 Å². The van der Waals surface area contributed by atoms with Gasteiger partial charge in [-0.3, -0.25) is 19.2 Å². The summed E-state index contributed by atoms with van der Waals surface area (Å²) >= 11 is 0. The molecule has 1 aromatic heterocycles. The third-order valence-corrected chi connectivity index (χ3v) is 5.21. The minimum atomic E-state index is -0.237. The fourth-order valence-electron chi connectivity index (χ4n) is 3.45. The Kier molecular flexibility index (Phi) is 5.91. The molecule has 9 nitrogen and oxygen atoms in total. The van der Waals surface area contributed by atoms with Crippen LogP contribution in [0, 0.1) is 0 Å². The molecule has 3 rings (SSSR count).